The SMILES string of the molecule is C=CCSCCNc1cnn(CCN(C)C)c(=O)c1Br. The molecule has 0 bridgehead atoms. The molecule has 112 valence electrons. The molecule has 0 aliphatic heterocycles. The van der Waals surface area contributed by atoms with Gasteiger partial charge in [0, 0.05) is 24.6 Å². The van der Waals surface area contributed by atoms with Gasteiger partial charge in [0.25, 0.3) is 5.56 Å². The average Bonchev–Trinajstić information content (AvgIpc) is 2.42. The number of likely N-dealkylation sites (N-methyl/N-ethyl adjacent to an activating group) is 1. The summed E-state index contributed by atoms with van der Waals surface area (Å²) in [7, 11) is 3.94. The summed E-state index contributed by atoms with van der Waals surface area (Å²) in [5.41, 5.74) is 0.644. The van der Waals surface area contributed by atoms with Gasteiger partial charge >= 0.3 is 0 Å². The molecule has 0 atom stereocenters. The first-order valence-corrected chi connectivity index (χ1v) is 8.34. The van der Waals surface area contributed by atoms with Gasteiger partial charge in [-0.05, 0) is 30.0 Å². The van der Waals surface area contributed by atoms with E-state index in [0.717, 1.165) is 30.3 Å². The molecule has 0 saturated heterocycles. The highest BCUT2D eigenvalue weighted by atomic mass is 79.9. The smallest absolute Gasteiger partial charge is 0.283 e. The van der Waals surface area contributed by atoms with Crippen LogP contribution in [0.4, 0.5) is 5.69 Å². The van der Waals surface area contributed by atoms with Gasteiger partial charge in [-0.2, -0.15) is 16.9 Å². The summed E-state index contributed by atoms with van der Waals surface area (Å²) in [6.07, 6.45) is 3.58. The number of hydrogen-bond acceptors (Lipinski definition) is 5. The molecule has 0 fully saturated rings. The van der Waals surface area contributed by atoms with Crippen LogP contribution in [0.25, 0.3) is 0 Å². The molecule has 20 heavy (non-hydrogen) atoms. The molecule has 7 heteroatoms. The Morgan fingerprint density at radius 2 is 2.35 bits per heavy atom. The second kappa shape index (κ2) is 9.20. The monoisotopic (exact) mass is 360 g/mol. The quantitative estimate of drug-likeness (QED) is 0.538. The minimum Gasteiger partial charge on any atom is -0.382 e. The van der Waals surface area contributed by atoms with Crippen molar-refractivity contribution < 1.29 is 0 Å². The second-order valence-electron chi connectivity index (χ2n) is 4.49. The Morgan fingerprint density at radius 1 is 1.60 bits per heavy atom. The number of nitrogens with zero attached hydrogens (tertiary/aromatic N) is 3. The van der Waals surface area contributed by atoms with E-state index in [4.69, 9.17) is 0 Å². The predicted octanol–water partition coefficient (Wildman–Crippen LogP) is 1.90. The van der Waals surface area contributed by atoms with Crippen molar-refractivity contribution in [2.45, 2.75) is 6.54 Å². The molecule has 0 radical (unpaired) electrons. The van der Waals surface area contributed by atoms with Crippen LogP contribution in [0, 0.1) is 0 Å². The molecule has 0 aromatic carbocycles. The normalized spacial score (nSPS) is 10.8. The van der Waals surface area contributed by atoms with Crippen LogP contribution in [0.2, 0.25) is 0 Å². The van der Waals surface area contributed by atoms with Crippen molar-refractivity contribution in [3.63, 3.8) is 0 Å². The van der Waals surface area contributed by atoms with Gasteiger partial charge in [0.1, 0.15) is 4.47 Å². The first-order chi connectivity index (χ1) is 9.56. The Balaban J connectivity index is 2.59. The predicted molar refractivity (Wildman–Crippen MR) is 90.8 cm³/mol. The number of aromatic nitrogens is 2. The number of nitrogens with one attached hydrogen (secondary N) is 1. The van der Waals surface area contributed by atoms with Crippen LogP contribution in [-0.4, -0.2) is 53.4 Å². The van der Waals surface area contributed by atoms with E-state index >= 15 is 0 Å². The molecule has 0 saturated carbocycles. The van der Waals surface area contributed by atoms with Crippen LogP contribution in [0.5, 0.6) is 0 Å². The molecule has 1 aromatic rings. The van der Waals surface area contributed by atoms with Crippen molar-refractivity contribution in [1.29, 1.82) is 0 Å². The Bertz CT molecular complexity index is 490. The fraction of sp³-hybridized carbons (Fsp3) is 0.538. The summed E-state index contributed by atoms with van der Waals surface area (Å²) in [6.45, 7) is 5.83. The molecule has 0 aliphatic carbocycles. The van der Waals surface area contributed by atoms with Gasteiger partial charge in [0.15, 0.2) is 0 Å². The van der Waals surface area contributed by atoms with Crippen LogP contribution in [-0.2, 0) is 6.54 Å². The molecular weight excluding hydrogens is 340 g/mol. The summed E-state index contributed by atoms with van der Waals surface area (Å²) >= 11 is 5.14. The summed E-state index contributed by atoms with van der Waals surface area (Å²) < 4.78 is 2.02. The van der Waals surface area contributed by atoms with E-state index < -0.39 is 0 Å². The third-order valence-electron chi connectivity index (χ3n) is 2.54. The molecule has 1 heterocycles. The average molecular weight is 361 g/mol. The Morgan fingerprint density at radius 3 is 3.00 bits per heavy atom. The molecule has 1 aromatic heterocycles. The van der Waals surface area contributed by atoms with E-state index in [0.29, 0.717) is 11.0 Å². The maximum absolute atomic E-state index is 12.1. The summed E-state index contributed by atoms with van der Waals surface area (Å²) in [4.78, 5) is 14.1. The van der Waals surface area contributed by atoms with Crippen LogP contribution in [0.1, 0.15) is 0 Å². The fourth-order valence-electron chi connectivity index (χ4n) is 1.47. The highest BCUT2D eigenvalue weighted by molar-refractivity contribution is 9.10. The van der Waals surface area contributed by atoms with Crippen molar-refractivity contribution in [3.05, 3.63) is 33.7 Å². The third-order valence-corrected chi connectivity index (χ3v) is 4.27. The van der Waals surface area contributed by atoms with Crippen LogP contribution >= 0.6 is 27.7 Å². The summed E-state index contributed by atoms with van der Waals surface area (Å²) in [5.74, 6) is 1.90. The first kappa shape index (κ1) is 17.3. The highest BCUT2D eigenvalue weighted by Crippen LogP contribution is 2.16. The molecule has 1 rings (SSSR count). The van der Waals surface area contributed by atoms with Crippen molar-refractivity contribution in [1.82, 2.24) is 14.7 Å². The second-order valence-corrected chi connectivity index (χ2v) is 6.44. The summed E-state index contributed by atoms with van der Waals surface area (Å²) in [5, 5.41) is 7.40. The zero-order valence-corrected chi connectivity index (χ0v) is 14.3. The van der Waals surface area contributed by atoms with Gasteiger partial charge < -0.3 is 10.2 Å². The molecule has 0 amide bonds. The minimum absolute atomic E-state index is 0.101. The molecule has 0 spiro atoms. The first-order valence-electron chi connectivity index (χ1n) is 6.39. The van der Waals surface area contributed by atoms with Crippen molar-refractivity contribution in [2.75, 3.05) is 44.0 Å². The number of hydrogen-bond donors (Lipinski definition) is 1. The van der Waals surface area contributed by atoms with Crippen LogP contribution in [0.15, 0.2) is 28.1 Å². The van der Waals surface area contributed by atoms with Gasteiger partial charge in [-0.15, -0.1) is 6.58 Å². The lowest BCUT2D eigenvalue weighted by atomic mass is 10.4. The Hall–Kier alpha value is -0.790. The number of anilines is 1. The molecule has 0 aliphatic rings. The maximum Gasteiger partial charge on any atom is 0.283 e. The Labute approximate surface area is 132 Å². The minimum atomic E-state index is -0.101. The lowest BCUT2D eigenvalue weighted by Gasteiger charge is -2.12. The van der Waals surface area contributed by atoms with Crippen molar-refractivity contribution >= 4 is 33.4 Å². The molecule has 1 N–H and O–H groups in total. The van der Waals surface area contributed by atoms with Crippen LogP contribution in [0.3, 0.4) is 0 Å². The van der Waals surface area contributed by atoms with Gasteiger partial charge in [0.2, 0.25) is 0 Å². The molecule has 0 unspecified atom stereocenters. The molecule has 5 nitrogen and oxygen atoms in total. The summed E-state index contributed by atoms with van der Waals surface area (Å²) in [6, 6.07) is 0. The largest absolute Gasteiger partial charge is 0.382 e. The van der Waals surface area contributed by atoms with E-state index in [1.807, 2.05) is 25.1 Å². The fourth-order valence-corrected chi connectivity index (χ4v) is 2.49. The van der Waals surface area contributed by atoms with Crippen LogP contribution < -0.4 is 10.9 Å². The van der Waals surface area contributed by atoms with E-state index in [-0.39, 0.29) is 5.56 Å². The van der Waals surface area contributed by atoms with Gasteiger partial charge in [-0.1, -0.05) is 6.08 Å². The van der Waals surface area contributed by atoms with E-state index in [9.17, 15) is 4.79 Å². The van der Waals surface area contributed by atoms with Crippen molar-refractivity contribution in [2.24, 2.45) is 0 Å². The molecular formula is C13H21BrN4OS. The Kier molecular flexibility index (Phi) is 7.94. The number of rotatable bonds is 9. The highest BCUT2D eigenvalue weighted by Gasteiger charge is 2.08. The van der Waals surface area contributed by atoms with E-state index in [2.05, 4.69) is 32.9 Å². The van der Waals surface area contributed by atoms with Crippen molar-refractivity contribution in [3.8, 4) is 0 Å². The standard InChI is InChI=1S/C13H21BrN4OS/c1-4-8-20-9-5-15-11-10-16-18(7-6-17(2)3)13(19)12(11)14/h4,10,15H,1,5-9H2,2-3H3. The lowest BCUT2D eigenvalue weighted by molar-refractivity contribution is 0.367. The van der Waals surface area contributed by atoms with E-state index in [1.54, 1.807) is 18.0 Å². The van der Waals surface area contributed by atoms with E-state index in [1.165, 1.54) is 4.68 Å². The number of halogens is 1. The third kappa shape index (κ3) is 5.68. The number of thioether (sulfide) groups is 1. The zero-order chi connectivity index (χ0) is 15.0. The maximum atomic E-state index is 12.1. The lowest BCUT2D eigenvalue weighted by Crippen LogP contribution is -2.29. The zero-order valence-electron chi connectivity index (χ0n) is 11.9. The van der Waals surface area contributed by atoms with Gasteiger partial charge in [0.05, 0.1) is 18.4 Å². The van der Waals surface area contributed by atoms with Gasteiger partial charge in [-0.3, -0.25) is 4.79 Å². The topological polar surface area (TPSA) is 50.2 Å². The van der Waals surface area contributed by atoms with Gasteiger partial charge in [-0.25, -0.2) is 4.68 Å².